The SMILES string of the molecule is CCS(=O)(=O)NCC(NC(=O)Cn1nc(-c2ccc(Cl)cc2)n(CC(O)C(F)(F)F)c1=O)c1ccccc1C(F)(F)F. The molecular formula is C24H24ClF6N5O5S. The zero-order valence-corrected chi connectivity index (χ0v) is 23.2. The molecule has 1 heterocycles. The van der Waals surface area contributed by atoms with Crippen molar-refractivity contribution in [2.75, 3.05) is 12.3 Å². The summed E-state index contributed by atoms with van der Waals surface area (Å²) in [6.07, 6.45) is -12.9. The van der Waals surface area contributed by atoms with Gasteiger partial charge in [0.25, 0.3) is 0 Å². The first kappa shape index (κ1) is 33.1. The van der Waals surface area contributed by atoms with Gasteiger partial charge in [0, 0.05) is 17.1 Å². The van der Waals surface area contributed by atoms with Gasteiger partial charge in [-0.25, -0.2) is 22.6 Å². The second-order valence-electron chi connectivity index (χ2n) is 8.90. The highest BCUT2D eigenvalue weighted by Crippen LogP contribution is 2.34. The minimum Gasteiger partial charge on any atom is -0.382 e. The number of hydrogen-bond acceptors (Lipinski definition) is 6. The normalized spacial score (nSPS) is 14.0. The summed E-state index contributed by atoms with van der Waals surface area (Å²) in [5.74, 6) is -1.88. The van der Waals surface area contributed by atoms with E-state index in [0.29, 0.717) is 9.25 Å². The zero-order valence-electron chi connectivity index (χ0n) is 21.6. The van der Waals surface area contributed by atoms with E-state index in [2.05, 4.69) is 15.1 Å². The summed E-state index contributed by atoms with van der Waals surface area (Å²) in [5.41, 5.74) is -2.77. The quantitative estimate of drug-likeness (QED) is 0.275. The van der Waals surface area contributed by atoms with Crippen molar-refractivity contribution in [1.82, 2.24) is 24.4 Å². The number of aliphatic hydroxyl groups excluding tert-OH is 1. The zero-order chi connectivity index (χ0) is 31.5. The molecule has 230 valence electrons. The van der Waals surface area contributed by atoms with Crippen LogP contribution >= 0.6 is 11.6 Å². The van der Waals surface area contributed by atoms with E-state index in [9.17, 15) is 49.5 Å². The van der Waals surface area contributed by atoms with E-state index in [1.54, 1.807) is 0 Å². The molecule has 0 spiro atoms. The Labute approximate surface area is 240 Å². The summed E-state index contributed by atoms with van der Waals surface area (Å²) < 4.78 is 107. The number of alkyl halides is 6. The fraction of sp³-hybridized carbons (Fsp3) is 0.375. The summed E-state index contributed by atoms with van der Waals surface area (Å²) in [6.45, 7) is -1.65. The predicted molar refractivity (Wildman–Crippen MR) is 139 cm³/mol. The van der Waals surface area contributed by atoms with E-state index in [1.807, 2.05) is 0 Å². The molecule has 2 unspecified atom stereocenters. The van der Waals surface area contributed by atoms with Gasteiger partial charge in [0.2, 0.25) is 15.9 Å². The number of amides is 1. The molecule has 1 amide bonds. The van der Waals surface area contributed by atoms with Crippen LogP contribution in [0.3, 0.4) is 0 Å². The molecule has 0 aliphatic rings. The number of nitrogens with one attached hydrogen (secondary N) is 2. The van der Waals surface area contributed by atoms with Crippen molar-refractivity contribution in [3.63, 3.8) is 0 Å². The Kier molecular flexibility index (Phi) is 10.1. The summed E-state index contributed by atoms with van der Waals surface area (Å²) in [4.78, 5) is 26.0. The van der Waals surface area contributed by atoms with Gasteiger partial charge in [-0.3, -0.25) is 9.36 Å². The molecule has 10 nitrogen and oxygen atoms in total. The molecule has 3 aromatic rings. The van der Waals surface area contributed by atoms with Crippen molar-refractivity contribution in [1.29, 1.82) is 0 Å². The molecule has 1 aromatic heterocycles. The van der Waals surface area contributed by atoms with Crippen LogP contribution in [0.1, 0.15) is 24.1 Å². The van der Waals surface area contributed by atoms with E-state index in [-0.39, 0.29) is 16.4 Å². The van der Waals surface area contributed by atoms with Gasteiger partial charge in [0.1, 0.15) is 6.54 Å². The van der Waals surface area contributed by atoms with Crippen molar-refractivity contribution < 1.29 is 44.7 Å². The third-order valence-electron chi connectivity index (χ3n) is 5.92. The van der Waals surface area contributed by atoms with Gasteiger partial charge in [0.05, 0.1) is 23.9 Å². The molecule has 0 saturated carbocycles. The van der Waals surface area contributed by atoms with Crippen LogP contribution in [0, 0.1) is 0 Å². The smallest absolute Gasteiger partial charge is 0.382 e. The summed E-state index contributed by atoms with van der Waals surface area (Å²) in [6, 6.07) is 7.91. The number of carbonyl (C=O) groups excluding carboxylic acids is 1. The third-order valence-corrected chi connectivity index (χ3v) is 7.53. The molecule has 0 saturated heterocycles. The van der Waals surface area contributed by atoms with Crippen LogP contribution in [-0.4, -0.2) is 58.4 Å². The van der Waals surface area contributed by atoms with Crippen LogP contribution in [0.5, 0.6) is 0 Å². The minimum atomic E-state index is -5.10. The van der Waals surface area contributed by atoms with E-state index in [0.717, 1.165) is 18.2 Å². The van der Waals surface area contributed by atoms with Crippen molar-refractivity contribution in [3.05, 3.63) is 75.2 Å². The highest BCUT2D eigenvalue weighted by Gasteiger charge is 2.40. The molecule has 18 heteroatoms. The summed E-state index contributed by atoms with van der Waals surface area (Å²) in [5, 5.41) is 16.0. The maximum Gasteiger partial charge on any atom is 0.416 e. The number of aromatic nitrogens is 3. The van der Waals surface area contributed by atoms with E-state index in [1.165, 1.54) is 37.3 Å². The largest absolute Gasteiger partial charge is 0.416 e. The maximum atomic E-state index is 13.7. The lowest BCUT2D eigenvalue weighted by Crippen LogP contribution is -2.42. The average Bonchev–Trinajstić information content (AvgIpc) is 3.20. The monoisotopic (exact) mass is 643 g/mol. The molecule has 2 aromatic carbocycles. The second kappa shape index (κ2) is 12.8. The number of aliphatic hydroxyl groups is 1. The number of sulfonamides is 1. The average molecular weight is 644 g/mol. The molecule has 0 fully saturated rings. The first-order valence-electron chi connectivity index (χ1n) is 12.0. The topological polar surface area (TPSA) is 135 Å². The Balaban J connectivity index is 1.98. The van der Waals surface area contributed by atoms with Crippen molar-refractivity contribution in [3.8, 4) is 11.4 Å². The molecule has 42 heavy (non-hydrogen) atoms. The van der Waals surface area contributed by atoms with Crippen LogP contribution < -0.4 is 15.7 Å². The van der Waals surface area contributed by atoms with Crippen LogP contribution in [-0.2, 0) is 34.1 Å². The van der Waals surface area contributed by atoms with Gasteiger partial charge in [-0.1, -0.05) is 29.8 Å². The van der Waals surface area contributed by atoms with Gasteiger partial charge in [-0.05, 0) is 42.8 Å². The summed E-state index contributed by atoms with van der Waals surface area (Å²) in [7, 11) is -3.91. The minimum absolute atomic E-state index is 0.107. The van der Waals surface area contributed by atoms with Crippen molar-refractivity contribution in [2.24, 2.45) is 0 Å². The Morgan fingerprint density at radius 1 is 1.07 bits per heavy atom. The molecule has 3 rings (SSSR count). The molecule has 0 aliphatic carbocycles. The summed E-state index contributed by atoms with van der Waals surface area (Å²) >= 11 is 5.84. The fourth-order valence-corrected chi connectivity index (χ4v) is 4.53. The first-order valence-corrected chi connectivity index (χ1v) is 14.1. The maximum absolute atomic E-state index is 13.7. The Hall–Kier alpha value is -3.41. The molecule has 2 atom stereocenters. The second-order valence-corrected chi connectivity index (χ2v) is 11.4. The lowest BCUT2D eigenvalue weighted by Gasteiger charge is -2.23. The van der Waals surface area contributed by atoms with Crippen LogP contribution in [0.15, 0.2) is 53.3 Å². The highest BCUT2D eigenvalue weighted by molar-refractivity contribution is 7.89. The number of halogens is 7. The predicted octanol–water partition coefficient (Wildman–Crippen LogP) is 3.10. The van der Waals surface area contributed by atoms with E-state index in [4.69, 9.17) is 11.6 Å². The number of hydrogen-bond donors (Lipinski definition) is 3. The molecule has 0 radical (unpaired) electrons. The van der Waals surface area contributed by atoms with Crippen molar-refractivity contribution in [2.45, 2.75) is 44.5 Å². The van der Waals surface area contributed by atoms with Crippen molar-refractivity contribution >= 4 is 27.5 Å². The molecule has 0 bridgehead atoms. The Morgan fingerprint density at radius 3 is 2.26 bits per heavy atom. The van der Waals surface area contributed by atoms with Gasteiger partial charge in [-0.2, -0.15) is 26.3 Å². The van der Waals surface area contributed by atoms with Crippen LogP contribution in [0.2, 0.25) is 5.02 Å². The van der Waals surface area contributed by atoms with E-state index >= 15 is 0 Å². The standard InChI is InChI=1S/C24H24ClF6N5O5S/c1-2-42(40,41)32-11-18(16-5-3-4-6-17(16)23(26,27)28)33-20(38)13-36-22(39)35(12-19(37)24(29,30)31)21(34-36)14-7-9-15(25)10-8-14/h3-10,18-19,32,37H,2,11-13H2,1H3,(H,33,38). The van der Waals surface area contributed by atoms with Gasteiger partial charge in [-0.15, -0.1) is 5.10 Å². The molecular weight excluding hydrogens is 620 g/mol. The van der Waals surface area contributed by atoms with Gasteiger partial charge >= 0.3 is 18.0 Å². The lowest BCUT2D eigenvalue weighted by atomic mass is 10.00. The highest BCUT2D eigenvalue weighted by atomic mass is 35.5. The van der Waals surface area contributed by atoms with Crippen LogP contribution in [0.25, 0.3) is 11.4 Å². The number of benzene rings is 2. The molecule has 0 aliphatic heterocycles. The van der Waals surface area contributed by atoms with Gasteiger partial charge in [0.15, 0.2) is 11.9 Å². The van der Waals surface area contributed by atoms with Crippen LogP contribution in [0.4, 0.5) is 26.3 Å². The number of nitrogens with zero attached hydrogens (tertiary/aromatic N) is 3. The fourth-order valence-electron chi connectivity index (χ4n) is 3.78. The van der Waals surface area contributed by atoms with Gasteiger partial charge < -0.3 is 10.4 Å². The lowest BCUT2D eigenvalue weighted by molar-refractivity contribution is -0.207. The van der Waals surface area contributed by atoms with E-state index < -0.39 is 82.6 Å². The number of carbonyl (C=O) groups is 1. The third kappa shape index (κ3) is 8.33. The number of rotatable bonds is 11. The molecule has 3 N–H and O–H groups in total. The Morgan fingerprint density at radius 2 is 1.69 bits per heavy atom. The Bertz CT molecular complexity index is 1570. The first-order chi connectivity index (χ1) is 19.4.